The number of hydrogen-bond donors (Lipinski definition) is 2. The van der Waals surface area contributed by atoms with Crippen LogP contribution >= 0.6 is 11.8 Å². The quantitative estimate of drug-likeness (QED) is 0.861. The molecule has 0 aliphatic heterocycles. The molecule has 0 saturated heterocycles. The Morgan fingerprint density at radius 1 is 1.42 bits per heavy atom. The molecule has 2 N–H and O–H groups in total. The van der Waals surface area contributed by atoms with Crippen molar-refractivity contribution in [2.24, 2.45) is 0 Å². The highest BCUT2D eigenvalue weighted by atomic mass is 32.2. The van der Waals surface area contributed by atoms with Crippen LogP contribution in [0.15, 0.2) is 18.2 Å². The molecule has 19 heavy (non-hydrogen) atoms. The molecule has 1 aromatic rings. The summed E-state index contributed by atoms with van der Waals surface area (Å²) in [6, 6.07) is 5.41. The third-order valence-corrected chi connectivity index (χ3v) is 5.46. The first-order valence-corrected chi connectivity index (χ1v) is 7.92. The maximum Gasteiger partial charge on any atom is 0.337 e. The number of carboxylic acid groups (broad SMARTS) is 1. The van der Waals surface area contributed by atoms with Gasteiger partial charge in [0, 0.05) is 11.3 Å². The zero-order valence-corrected chi connectivity index (χ0v) is 12.3. The molecule has 4 heteroatoms. The highest BCUT2D eigenvalue weighted by Gasteiger charge is 2.33. The van der Waals surface area contributed by atoms with E-state index in [-0.39, 0.29) is 4.75 Å². The third kappa shape index (κ3) is 3.06. The van der Waals surface area contributed by atoms with Crippen LogP contribution in [0, 0.1) is 6.92 Å². The molecular formula is C15H21NO2S. The van der Waals surface area contributed by atoms with E-state index in [0.29, 0.717) is 5.56 Å². The number of aryl methyl sites for hydroxylation is 1. The second-order valence-electron chi connectivity index (χ2n) is 5.25. The summed E-state index contributed by atoms with van der Waals surface area (Å²) in [5.41, 5.74) is 2.14. The van der Waals surface area contributed by atoms with Crippen LogP contribution in [0.3, 0.4) is 0 Å². The van der Waals surface area contributed by atoms with Crippen LogP contribution in [-0.4, -0.2) is 28.6 Å². The van der Waals surface area contributed by atoms with Gasteiger partial charge in [-0.15, -0.1) is 0 Å². The number of rotatable bonds is 5. The Kier molecular flexibility index (Phi) is 4.40. The smallest absolute Gasteiger partial charge is 0.337 e. The molecule has 1 aliphatic rings. The fraction of sp³-hybridized carbons (Fsp3) is 0.533. The van der Waals surface area contributed by atoms with Gasteiger partial charge in [-0.2, -0.15) is 11.8 Å². The summed E-state index contributed by atoms with van der Waals surface area (Å²) in [4.78, 5) is 11.3. The minimum atomic E-state index is -0.865. The number of anilines is 1. The van der Waals surface area contributed by atoms with Crippen LogP contribution in [0.2, 0.25) is 0 Å². The van der Waals surface area contributed by atoms with Gasteiger partial charge >= 0.3 is 5.97 Å². The minimum absolute atomic E-state index is 0.276. The molecule has 0 bridgehead atoms. The summed E-state index contributed by atoms with van der Waals surface area (Å²) < 4.78 is 0.276. The number of para-hydroxylation sites is 1. The van der Waals surface area contributed by atoms with Crippen molar-refractivity contribution in [3.63, 3.8) is 0 Å². The summed E-state index contributed by atoms with van der Waals surface area (Å²) in [5, 5.41) is 12.7. The van der Waals surface area contributed by atoms with E-state index in [4.69, 9.17) is 0 Å². The van der Waals surface area contributed by atoms with E-state index in [0.717, 1.165) is 17.8 Å². The molecule has 2 rings (SSSR count). The fourth-order valence-electron chi connectivity index (χ4n) is 2.80. The SMILES string of the molecule is CSC1(CNc2c(C)cccc2C(=O)O)CCCC1. The van der Waals surface area contributed by atoms with E-state index in [9.17, 15) is 9.90 Å². The van der Waals surface area contributed by atoms with Gasteiger partial charge in [-0.1, -0.05) is 25.0 Å². The van der Waals surface area contributed by atoms with Gasteiger partial charge in [-0.3, -0.25) is 0 Å². The summed E-state index contributed by atoms with van der Waals surface area (Å²) in [6.07, 6.45) is 7.15. The molecule has 0 heterocycles. The van der Waals surface area contributed by atoms with Crippen molar-refractivity contribution in [2.45, 2.75) is 37.4 Å². The van der Waals surface area contributed by atoms with Crippen LogP contribution in [-0.2, 0) is 0 Å². The summed E-state index contributed by atoms with van der Waals surface area (Å²) >= 11 is 1.91. The summed E-state index contributed by atoms with van der Waals surface area (Å²) in [7, 11) is 0. The molecule has 0 radical (unpaired) electrons. The first kappa shape index (κ1) is 14.3. The number of benzene rings is 1. The first-order valence-electron chi connectivity index (χ1n) is 6.70. The Balaban J connectivity index is 2.17. The summed E-state index contributed by atoms with van der Waals surface area (Å²) in [6.45, 7) is 2.80. The van der Waals surface area contributed by atoms with Gasteiger partial charge in [0.05, 0.1) is 11.3 Å². The molecule has 0 aromatic heterocycles. The van der Waals surface area contributed by atoms with Crippen LogP contribution < -0.4 is 5.32 Å². The topological polar surface area (TPSA) is 49.3 Å². The molecule has 0 unspecified atom stereocenters. The zero-order valence-electron chi connectivity index (χ0n) is 11.5. The van der Waals surface area contributed by atoms with E-state index < -0.39 is 5.97 Å². The largest absolute Gasteiger partial charge is 0.478 e. The number of carbonyl (C=O) groups is 1. The molecule has 3 nitrogen and oxygen atoms in total. The maximum atomic E-state index is 11.3. The van der Waals surface area contributed by atoms with Crippen molar-refractivity contribution in [3.8, 4) is 0 Å². The summed E-state index contributed by atoms with van der Waals surface area (Å²) in [5.74, 6) is -0.865. The lowest BCUT2D eigenvalue weighted by molar-refractivity contribution is 0.0698. The fourth-order valence-corrected chi connectivity index (χ4v) is 3.72. The lowest BCUT2D eigenvalue weighted by atomic mass is 10.0. The third-order valence-electron chi connectivity index (χ3n) is 4.04. The maximum absolute atomic E-state index is 11.3. The van der Waals surface area contributed by atoms with Gasteiger partial charge < -0.3 is 10.4 Å². The molecule has 1 aliphatic carbocycles. The Morgan fingerprint density at radius 2 is 2.11 bits per heavy atom. The van der Waals surface area contributed by atoms with Gasteiger partial charge in [0.1, 0.15) is 0 Å². The zero-order chi connectivity index (χ0) is 13.9. The van der Waals surface area contributed by atoms with Crippen molar-refractivity contribution >= 4 is 23.4 Å². The predicted octanol–water partition coefficient (Wildman–Crippen LogP) is 3.78. The Morgan fingerprint density at radius 3 is 2.68 bits per heavy atom. The van der Waals surface area contributed by atoms with Crippen LogP contribution in [0.1, 0.15) is 41.6 Å². The lowest BCUT2D eigenvalue weighted by Gasteiger charge is -2.28. The molecule has 1 saturated carbocycles. The van der Waals surface area contributed by atoms with Gasteiger partial charge in [0.2, 0.25) is 0 Å². The molecule has 1 fully saturated rings. The van der Waals surface area contributed by atoms with Crippen molar-refractivity contribution in [2.75, 3.05) is 18.1 Å². The second-order valence-corrected chi connectivity index (χ2v) is 6.52. The highest BCUT2D eigenvalue weighted by Crippen LogP contribution is 2.40. The molecule has 1 aromatic carbocycles. The number of hydrogen-bond acceptors (Lipinski definition) is 3. The van der Waals surface area contributed by atoms with Gasteiger partial charge in [0.15, 0.2) is 0 Å². The molecule has 104 valence electrons. The van der Waals surface area contributed by atoms with Gasteiger partial charge in [-0.25, -0.2) is 4.79 Å². The van der Waals surface area contributed by atoms with Crippen LogP contribution in [0.5, 0.6) is 0 Å². The molecule has 0 spiro atoms. The van der Waals surface area contributed by atoms with Crippen molar-refractivity contribution in [3.05, 3.63) is 29.3 Å². The Bertz CT molecular complexity index is 467. The Hall–Kier alpha value is -1.16. The number of nitrogens with one attached hydrogen (secondary N) is 1. The van der Waals surface area contributed by atoms with Crippen molar-refractivity contribution in [1.82, 2.24) is 0 Å². The molecular weight excluding hydrogens is 258 g/mol. The standard InChI is InChI=1S/C15H21NO2S/c1-11-6-5-7-12(14(17)18)13(11)16-10-15(19-2)8-3-4-9-15/h5-7,16H,3-4,8-10H2,1-2H3,(H,17,18). The predicted molar refractivity (Wildman–Crippen MR) is 81.3 cm³/mol. The van der Waals surface area contributed by atoms with Crippen LogP contribution in [0.25, 0.3) is 0 Å². The molecule has 0 atom stereocenters. The van der Waals surface area contributed by atoms with E-state index >= 15 is 0 Å². The van der Waals surface area contributed by atoms with Gasteiger partial charge in [-0.05, 0) is 37.7 Å². The monoisotopic (exact) mass is 279 g/mol. The van der Waals surface area contributed by atoms with E-state index in [2.05, 4.69) is 11.6 Å². The number of thioether (sulfide) groups is 1. The minimum Gasteiger partial charge on any atom is -0.478 e. The van der Waals surface area contributed by atoms with Crippen LogP contribution in [0.4, 0.5) is 5.69 Å². The number of aromatic carboxylic acids is 1. The van der Waals surface area contributed by atoms with E-state index in [1.807, 2.05) is 24.8 Å². The van der Waals surface area contributed by atoms with Crippen molar-refractivity contribution in [1.29, 1.82) is 0 Å². The lowest BCUT2D eigenvalue weighted by Crippen LogP contribution is -2.30. The van der Waals surface area contributed by atoms with E-state index in [1.54, 1.807) is 12.1 Å². The molecule has 0 amide bonds. The Labute approximate surface area is 118 Å². The average molecular weight is 279 g/mol. The number of carboxylic acids is 1. The van der Waals surface area contributed by atoms with E-state index in [1.165, 1.54) is 25.7 Å². The second kappa shape index (κ2) is 5.87. The average Bonchev–Trinajstić information content (AvgIpc) is 2.86. The normalized spacial score (nSPS) is 17.4. The van der Waals surface area contributed by atoms with Gasteiger partial charge in [0.25, 0.3) is 0 Å². The first-order chi connectivity index (χ1) is 9.08. The van der Waals surface area contributed by atoms with Crippen molar-refractivity contribution < 1.29 is 9.90 Å². The highest BCUT2D eigenvalue weighted by molar-refractivity contribution is 8.00.